The van der Waals surface area contributed by atoms with Gasteiger partial charge in [0, 0.05) is 30.1 Å². The number of benzene rings is 2. The van der Waals surface area contributed by atoms with Crippen LogP contribution in [0.5, 0.6) is 0 Å². The van der Waals surface area contributed by atoms with Gasteiger partial charge in [-0.05, 0) is 37.1 Å². The molecule has 0 radical (unpaired) electrons. The Bertz CT molecular complexity index is 942. The predicted molar refractivity (Wildman–Crippen MR) is 93.6 cm³/mol. The van der Waals surface area contributed by atoms with Crippen molar-refractivity contribution in [1.29, 1.82) is 0 Å². The maximum atomic E-state index is 13.9. The maximum Gasteiger partial charge on any atom is 0.232 e. The molecule has 0 saturated heterocycles. The van der Waals surface area contributed by atoms with Crippen molar-refractivity contribution in [3.63, 3.8) is 0 Å². The van der Waals surface area contributed by atoms with Crippen molar-refractivity contribution in [3.8, 4) is 0 Å². The van der Waals surface area contributed by atoms with Crippen molar-refractivity contribution >= 4 is 23.1 Å². The van der Waals surface area contributed by atoms with Gasteiger partial charge in [-0.1, -0.05) is 18.2 Å². The molecular weight excluding hydrogens is 322 g/mol. The van der Waals surface area contributed by atoms with Gasteiger partial charge in [0.15, 0.2) is 0 Å². The Kier molecular flexibility index (Phi) is 3.80. The van der Waals surface area contributed by atoms with E-state index in [0.29, 0.717) is 11.8 Å². The second-order valence-corrected chi connectivity index (χ2v) is 5.97. The second kappa shape index (κ2) is 6.12. The highest BCUT2D eigenvalue weighted by molar-refractivity contribution is 5.67. The van der Waals surface area contributed by atoms with E-state index in [-0.39, 0.29) is 5.69 Å². The number of anilines is 4. The number of hydrogen-bond donors (Lipinski definition) is 1. The summed E-state index contributed by atoms with van der Waals surface area (Å²) in [6, 6.07) is 13.3. The summed E-state index contributed by atoms with van der Waals surface area (Å²) in [7, 11) is 0. The zero-order valence-electron chi connectivity index (χ0n) is 13.6. The standard InChI is InChI=1S/C19H16F2N4/c1-12-10-18(23-16-7-6-14(20)11-15(16)21)24-19(22-12)25-9-8-13-4-2-3-5-17(13)25/h2-7,10-11H,8-9H2,1H3,(H,22,23,24). The van der Waals surface area contributed by atoms with E-state index >= 15 is 0 Å². The second-order valence-electron chi connectivity index (χ2n) is 5.97. The average molecular weight is 338 g/mol. The Labute approximate surface area is 144 Å². The number of rotatable bonds is 3. The SMILES string of the molecule is Cc1cc(Nc2ccc(F)cc2F)nc(N2CCc3ccccc32)n1. The number of aromatic nitrogens is 2. The number of fused-ring (bicyclic) bond motifs is 1. The van der Waals surface area contributed by atoms with E-state index in [1.54, 1.807) is 6.07 Å². The third kappa shape index (κ3) is 3.03. The number of para-hydroxylation sites is 1. The molecule has 1 aliphatic rings. The fourth-order valence-corrected chi connectivity index (χ4v) is 3.01. The molecule has 0 atom stereocenters. The summed E-state index contributed by atoms with van der Waals surface area (Å²) in [6.45, 7) is 2.66. The third-order valence-corrected chi connectivity index (χ3v) is 4.16. The number of nitrogens with zero attached hydrogens (tertiary/aromatic N) is 3. The summed E-state index contributed by atoms with van der Waals surface area (Å²) in [5.41, 5.74) is 3.28. The molecule has 1 aromatic heterocycles. The van der Waals surface area contributed by atoms with E-state index in [9.17, 15) is 8.78 Å². The molecule has 25 heavy (non-hydrogen) atoms. The monoisotopic (exact) mass is 338 g/mol. The molecule has 6 heteroatoms. The molecule has 4 nitrogen and oxygen atoms in total. The molecule has 1 N–H and O–H groups in total. The van der Waals surface area contributed by atoms with E-state index in [1.807, 2.05) is 25.1 Å². The van der Waals surface area contributed by atoms with Crippen LogP contribution in [0.2, 0.25) is 0 Å². The van der Waals surface area contributed by atoms with Crippen molar-refractivity contribution in [2.75, 3.05) is 16.8 Å². The van der Waals surface area contributed by atoms with Gasteiger partial charge in [0.25, 0.3) is 0 Å². The van der Waals surface area contributed by atoms with Crippen molar-refractivity contribution in [2.45, 2.75) is 13.3 Å². The number of hydrogen-bond acceptors (Lipinski definition) is 4. The molecule has 0 amide bonds. The molecule has 0 saturated carbocycles. The first-order chi connectivity index (χ1) is 12.1. The van der Waals surface area contributed by atoms with Gasteiger partial charge in [-0.15, -0.1) is 0 Å². The molecule has 2 heterocycles. The van der Waals surface area contributed by atoms with E-state index in [2.05, 4.69) is 26.3 Å². The van der Waals surface area contributed by atoms with Gasteiger partial charge >= 0.3 is 0 Å². The minimum absolute atomic E-state index is 0.173. The fraction of sp³-hybridized carbons (Fsp3) is 0.158. The third-order valence-electron chi connectivity index (χ3n) is 4.16. The van der Waals surface area contributed by atoms with Crippen LogP contribution in [0.15, 0.2) is 48.5 Å². The zero-order chi connectivity index (χ0) is 17.4. The lowest BCUT2D eigenvalue weighted by atomic mass is 10.2. The van der Waals surface area contributed by atoms with Gasteiger partial charge in [-0.2, -0.15) is 4.98 Å². The molecule has 0 bridgehead atoms. The van der Waals surface area contributed by atoms with Gasteiger partial charge in [-0.25, -0.2) is 13.8 Å². The lowest BCUT2D eigenvalue weighted by Gasteiger charge is -2.18. The normalized spacial score (nSPS) is 13.0. The highest BCUT2D eigenvalue weighted by Crippen LogP contribution is 2.33. The molecule has 2 aromatic carbocycles. The number of halogens is 2. The molecule has 0 aliphatic carbocycles. The van der Waals surface area contributed by atoms with E-state index in [4.69, 9.17) is 0 Å². The lowest BCUT2D eigenvalue weighted by Crippen LogP contribution is -2.17. The molecule has 3 aromatic rings. The smallest absolute Gasteiger partial charge is 0.232 e. The minimum atomic E-state index is -0.663. The molecule has 126 valence electrons. The summed E-state index contributed by atoms with van der Waals surface area (Å²) < 4.78 is 26.9. The van der Waals surface area contributed by atoms with Crippen LogP contribution in [0, 0.1) is 18.6 Å². The van der Waals surface area contributed by atoms with Crippen LogP contribution < -0.4 is 10.2 Å². The number of nitrogens with one attached hydrogen (secondary N) is 1. The highest BCUT2D eigenvalue weighted by Gasteiger charge is 2.22. The van der Waals surface area contributed by atoms with Crippen LogP contribution in [-0.4, -0.2) is 16.5 Å². The van der Waals surface area contributed by atoms with Gasteiger partial charge in [-0.3, -0.25) is 0 Å². The van der Waals surface area contributed by atoms with Crippen LogP contribution >= 0.6 is 0 Å². The van der Waals surface area contributed by atoms with Crippen molar-refractivity contribution in [2.24, 2.45) is 0 Å². The highest BCUT2D eigenvalue weighted by atomic mass is 19.1. The quantitative estimate of drug-likeness (QED) is 0.763. The van der Waals surface area contributed by atoms with E-state index in [0.717, 1.165) is 30.4 Å². The Balaban J connectivity index is 1.68. The van der Waals surface area contributed by atoms with E-state index in [1.165, 1.54) is 17.7 Å². The summed E-state index contributed by atoms with van der Waals surface area (Å²) >= 11 is 0. The molecule has 1 aliphatic heterocycles. The lowest BCUT2D eigenvalue weighted by molar-refractivity contribution is 0.586. The minimum Gasteiger partial charge on any atom is -0.338 e. The van der Waals surface area contributed by atoms with Crippen LogP contribution in [0.4, 0.5) is 31.9 Å². The maximum absolute atomic E-state index is 13.9. The van der Waals surface area contributed by atoms with Crippen molar-refractivity contribution in [1.82, 2.24) is 9.97 Å². The van der Waals surface area contributed by atoms with Crippen molar-refractivity contribution < 1.29 is 8.78 Å². The summed E-state index contributed by atoms with van der Waals surface area (Å²) in [6.07, 6.45) is 0.933. The topological polar surface area (TPSA) is 41.1 Å². The first-order valence-electron chi connectivity index (χ1n) is 8.03. The Morgan fingerprint density at radius 1 is 1.04 bits per heavy atom. The average Bonchev–Trinajstić information content (AvgIpc) is 3.01. The summed E-state index contributed by atoms with van der Waals surface area (Å²) in [4.78, 5) is 11.1. The molecule has 0 spiro atoms. The first-order valence-corrected chi connectivity index (χ1v) is 8.03. The van der Waals surface area contributed by atoms with Crippen LogP contribution in [0.1, 0.15) is 11.3 Å². The van der Waals surface area contributed by atoms with Gasteiger partial charge in [0.2, 0.25) is 5.95 Å². The van der Waals surface area contributed by atoms with Gasteiger partial charge in [0.1, 0.15) is 17.5 Å². The van der Waals surface area contributed by atoms with E-state index < -0.39 is 11.6 Å². The van der Waals surface area contributed by atoms with Crippen LogP contribution in [0.3, 0.4) is 0 Å². The van der Waals surface area contributed by atoms with Gasteiger partial charge in [0.05, 0.1) is 5.69 Å². The molecule has 0 fully saturated rings. The first kappa shape index (κ1) is 15.5. The molecular formula is C19H16F2N4. The summed E-state index contributed by atoms with van der Waals surface area (Å²) in [5.74, 6) is -0.243. The zero-order valence-corrected chi connectivity index (χ0v) is 13.6. The Hall–Kier alpha value is -3.02. The predicted octanol–water partition coefficient (Wildman–Crippen LogP) is 4.50. The summed E-state index contributed by atoms with van der Waals surface area (Å²) in [5, 5.41) is 2.91. The van der Waals surface area contributed by atoms with Crippen LogP contribution in [0.25, 0.3) is 0 Å². The van der Waals surface area contributed by atoms with Gasteiger partial charge < -0.3 is 10.2 Å². The van der Waals surface area contributed by atoms with Crippen LogP contribution in [-0.2, 0) is 6.42 Å². The fourth-order valence-electron chi connectivity index (χ4n) is 3.01. The Morgan fingerprint density at radius 3 is 2.72 bits per heavy atom. The number of aryl methyl sites for hydroxylation is 1. The molecule has 0 unspecified atom stereocenters. The Morgan fingerprint density at radius 2 is 1.88 bits per heavy atom. The molecule has 4 rings (SSSR count). The largest absolute Gasteiger partial charge is 0.338 e. The van der Waals surface area contributed by atoms with Crippen molar-refractivity contribution in [3.05, 3.63) is 71.4 Å².